The predicted octanol–water partition coefficient (Wildman–Crippen LogP) is 4.86. The molecule has 0 aliphatic rings. The van der Waals surface area contributed by atoms with Crippen LogP contribution >= 0.6 is 11.6 Å². The number of unbranched alkanes of at least 4 members (excludes halogenated alkanes) is 2. The summed E-state index contributed by atoms with van der Waals surface area (Å²) in [6.45, 7) is 10.7. The second-order valence-electron chi connectivity index (χ2n) is 5.25. The molecule has 3 heteroatoms. The Morgan fingerprint density at radius 3 is 2.20 bits per heavy atom. The molecule has 0 aliphatic heterocycles. The van der Waals surface area contributed by atoms with E-state index in [2.05, 4.69) is 49.2 Å². The summed E-state index contributed by atoms with van der Waals surface area (Å²) < 4.78 is 0. The zero-order chi connectivity index (χ0) is 14.8. The summed E-state index contributed by atoms with van der Waals surface area (Å²) in [7, 11) is 0. The molecule has 1 aromatic carbocycles. The fourth-order valence-corrected chi connectivity index (χ4v) is 2.45. The Morgan fingerprint density at radius 2 is 1.70 bits per heavy atom. The SMILES string of the molecule is CCCCN(CCCC)c1ccc(CNCC)c(Cl)c1. The van der Waals surface area contributed by atoms with Gasteiger partial charge >= 0.3 is 0 Å². The molecule has 0 aromatic heterocycles. The van der Waals surface area contributed by atoms with Crippen LogP contribution in [-0.4, -0.2) is 19.6 Å². The Kier molecular flexibility index (Phi) is 8.72. The van der Waals surface area contributed by atoms with Crippen molar-refractivity contribution in [1.29, 1.82) is 0 Å². The van der Waals surface area contributed by atoms with Crippen molar-refractivity contribution < 1.29 is 0 Å². The van der Waals surface area contributed by atoms with E-state index < -0.39 is 0 Å². The van der Waals surface area contributed by atoms with Crippen LogP contribution in [0, 0.1) is 0 Å². The molecule has 0 saturated heterocycles. The second-order valence-corrected chi connectivity index (χ2v) is 5.66. The molecule has 114 valence electrons. The van der Waals surface area contributed by atoms with Gasteiger partial charge in [0.05, 0.1) is 0 Å². The lowest BCUT2D eigenvalue weighted by Crippen LogP contribution is -2.25. The van der Waals surface area contributed by atoms with Gasteiger partial charge in [-0.15, -0.1) is 0 Å². The Hall–Kier alpha value is -0.730. The molecular formula is C17H29ClN2. The van der Waals surface area contributed by atoms with Crippen molar-refractivity contribution in [3.05, 3.63) is 28.8 Å². The minimum Gasteiger partial charge on any atom is -0.371 e. The van der Waals surface area contributed by atoms with E-state index in [1.807, 2.05) is 0 Å². The summed E-state index contributed by atoms with van der Waals surface area (Å²) in [5, 5.41) is 4.20. The van der Waals surface area contributed by atoms with Crippen LogP contribution in [0.1, 0.15) is 52.0 Å². The summed E-state index contributed by atoms with van der Waals surface area (Å²) in [6.07, 6.45) is 4.94. The van der Waals surface area contributed by atoms with E-state index in [1.165, 1.54) is 36.9 Å². The Morgan fingerprint density at radius 1 is 1.05 bits per heavy atom. The number of anilines is 1. The lowest BCUT2D eigenvalue weighted by atomic mass is 10.1. The van der Waals surface area contributed by atoms with Crippen molar-refractivity contribution in [3.8, 4) is 0 Å². The molecule has 0 radical (unpaired) electrons. The van der Waals surface area contributed by atoms with Crippen molar-refractivity contribution in [3.63, 3.8) is 0 Å². The van der Waals surface area contributed by atoms with E-state index in [-0.39, 0.29) is 0 Å². The summed E-state index contributed by atoms with van der Waals surface area (Å²) in [5.41, 5.74) is 2.44. The van der Waals surface area contributed by atoms with E-state index in [0.29, 0.717) is 0 Å². The van der Waals surface area contributed by atoms with Gasteiger partial charge in [-0.3, -0.25) is 0 Å². The molecule has 0 amide bonds. The zero-order valence-corrected chi connectivity index (χ0v) is 14.0. The molecule has 0 aliphatic carbocycles. The Bertz CT molecular complexity index is 371. The summed E-state index contributed by atoms with van der Waals surface area (Å²) in [4.78, 5) is 2.47. The predicted molar refractivity (Wildman–Crippen MR) is 90.9 cm³/mol. The quantitative estimate of drug-likeness (QED) is 0.663. The van der Waals surface area contributed by atoms with Gasteiger partial charge < -0.3 is 10.2 Å². The zero-order valence-electron chi connectivity index (χ0n) is 13.2. The fraction of sp³-hybridized carbons (Fsp3) is 0.647. The highest BCUT2D eigenvalue weighted by Crippen LogP contribution is 2.24. The normalized spacial score (nSPS) is 10.8. The van der Waals surface area contributed by atoms with Crippen LogP contribution in [-0.2, 0) is 6.54 Å². The number of nitrogens with zero attached hydrogens (tertiary/aromatic N) is 1. The average Bonchev–Trinajstić information content (AvgIpc) is 2.46. The maximum atomic E-state index is 6.41. The van der Waals surface area contributed by atoms with Gasteiger partial charge in [0, 0.05) is 30.3 Å². The van der Waals surface area contributed by atoms with Gasteiger partial charge in [0.25, 0.3) is 0 Å². The standard InChI is InChI=1S/C17H29ClN2/c1-4-7-11-20(12-8-5-2)16-10-9-15(14-19-6-3)17(18)13-16/h9-10,13,19H,4-8,11-12,14H2,1-3H3. The van der Waals surface area contributed by atoms with Crippen LogP contribution in [0.4, 0.5) is 5.69 Å². The number of hydrogen-bond donors (Lipinski definition) is 1. The van der Waals surface area contributed by atoms with Crippen molar-refractivity contribution >= 4 is 17.3 Å². The van der Waals surface area contributed by atoms with Gasteiger partial charge in [0.1, 0.15) is 0 Å². The molecule has 1 N–H and O–H groups in total. The van der Waals surface area contributed by atoms with Crippen LogP contribution in [0.2, 0.25) is 5.02 Å². The van der Waals surface area contributed by atoms with E-state index in [4.69, 9.17) is 11.6 Å². The maximum absolute atomic E-state index is 6.41. The molecule has 0 spiro atoms. The molecule has 1 rings (SSSR count). The summed E-state index contributed by atoms with van der Waals surface area (Å²) in [6, 6.07) is 6.49. The molecule has 1 aromatic rings. The molecule has 0 unspecified atom stereocenters. The van der Waals surface area contributed by atoms with Crippen LogP contribution < -0.4 is 10.2 Å². The highest BCUT2D eigenvalue weighted by molar-refractivity contribution is 6.31. The van der Waals surface area contributed by atoms with E-state index >= 15 is 0 Å². The van der Waals surface area contributed by atoms with Crippen molar-refractivity contribution in [2.24, 2.45) is 0 Å². The smallest absolute Gasteiger partial charge is 0.0471 e. The maximum Gasteiger partial charge on any atom is 0.0471 e. The number of rotatable bonds is 10. The summed E-state index contributed by atoms with van der Waals surface area (Å²) in [5.74, 6) is 0. The fourth-order valence-electron chi connectivity index (χ4n) is 2.20. The first-order valence-corrected chi connectivity index (χ1v) is 8.34. The monoisotopic (exact) mass is 296 g/mol. The Balaban J connectivity index is 2.76. The first-order chi connectivity index (χ1) is 9.72. The van der Waals surface area contributed by atoms with Crippen LogP contribution in [0.15, 0.2) is 18.2 Å². The van der Waals surface area contributed by atoms with Crippen molar-refractivity contribution in [2.45, 2.75) is 53.0 Å². The van der Waals surface area contributed by atoms with Crippen LogP contribution in [0.5, 0.6) is 0 Å². The number of hydrogen-bond acceptors (Lipinski definition) is 2. The lowest BCUT2D eigenvalue weighted by Gasteiger charge is -2.25. The van der Waals surface area contributed by atoms with Crippen molar-refractivity contribution in [2.75, 3.05) is 24.5 Å². The second kappa shape index (κ2) is 10.1. The number of halogens is 1. The molecule has 0 fully saturated rings. The third-order valence-corrected chi connectivity index (χ3v) is 3.88. The van der Waals surface area contributed by atoms with E-state index in [9.17, 15) is 0 Å². The van der Waals surface area contributed by atoms with E-state index in [0.717, 1.165) is 31.2 Å². The topological polar surface area (TPSA) is 15.3 Å². The molecular weight excluding hydrogens is 268 g/mol. The molecule has 0 atom stereocenters. The van der Waals surface area contributed by atoms with Gasteiger partial charge in [0.15, 0.2) is 0 Å². The average molecular weight is 297 g/mol. The minimum atomic E-state index is 0.847. The van der Waals surface area contributed by atoms with Gasteiger partial charge in [-0.25, -0.2) is 0 Å². The Labute approximate surface area is 129 Å². The molecule has 20 heavy (non-hydrogen) atoms. The van der Waals surface area contributed by atoms with Crippen LogP contribution in [0.3, 0.4) is 0 Å². The lowest BCUT2D eigenvalue weighted by molar-refractivity contribution is 0.677. The minimum absolute atomic E-state index is 0.847. The third-order valence-electron chi connectivity index (χ3n) is 3.53. The highest BCUT2D eigenvalue weighted by atomic mass is 35.5. The van der Waals surface area contributed by atoms with Gasteiger partial charge in [-0.05, 0) is 37.1 Å². The van der Waals surface area contributed by atoms with E-state index in [1.54, 1.807) is 0 Å². The molecule has 2 nitrogen and oxygen atoms in total. The first kappa shape index (κ1) is 17.3. The van der Waals surface area contributed by atoms with Gasteiger partial charge in [-0.1, -0.05) is 51.3 Å². The first-order valence-electron chi connectivity index (χ1n) is 7.97. The van der Waals surface area contributed by atoms with Gasteiger partial charge in [-0.2, -0.15) is 0 Å². The van der Waals surface area contributed by atoms with Crippen molar-refractivity contribution in [1.82, 2.24) is 5.32 Å². The summed E-state index contributed by atoms with van der Waals surface area (Å²) >= 11 is 6.41. The number of nitrogens with one attached hydrogen (secondary N) is 1. The molecule has 0 bridgehead atoms. The molecule has 0 saturated carbocycles. The van der Waals surface area contributed by atoms with Crippen LogP contribution in [0.25, 0.3) is 0 Å². The number of benzene rings is 1. The highest BCUT2D eigenvalue weighted by Gasteiger charge is 2.08. The third kappa shape index (κ3) is 5.72. The van der Waals surface area contributed by atoms with Gasteiger partial charge in [0.2, 0.25) is 0 Å². The molecule has 0 heterocycles. The largest absolute Gasteiger partial charge is 0.371 e.